The van der Waals surface area contributed by atoms with Gasteiger partial charge >= 0.3 is 12.3 Å². The predicted octanol–water partition coefficient (Wildman–Crippen LogP) is 2.41. The molecule has 4 nitrogen and oxygen atoms in total. The molecule has 1 heterocycles. The molecule has 0 amide bonds. The standard InChI is InChI=1S/C12H13F4NO3/c1-18-8-2-7(3-9-10(8)20-6-19-9)4-17-5-12(15,16)11(13)14/h2-3,11,17H,4-6H2,1H3. The Morgan fingerprint density at radius 3 is 2.75 bits per heavy atom. The minimum Gasteiger partial charge on any atom is -0.493 e. The molecule has 1 aliphatic rings. The smallest absolute Gasteiger partial charge is 0.319 e. The van der Waals surface area contributed by atoms with Crippen LogP contribution in [0.25, 0.3) is 0 Å². The number of alkyl halides is 4. The van der Waals surface area contributed by atoms with E-state index in [1.165, 1.54) is 7.11 Å². The van der Waals surface area contributed by atoms with Crippen LogP contribution in [0.15, 0.2) is 12.1 Å². The lowest BCUT2D eigenvalue weighted by Crippen LogP contribution is -2.38. The average Bonchev–Trinajstić information content (AvgIpc) is 2.85. The Balaban J connectivity index is 2.01. The average molecular weight is 295 g/mol. The van der Waals surface area contributed by atoms with Gasteiger partial charge in [0.2, 0.25) is 12.5 Å². The van der Waals surface area contributed by atoms with E-state index in [0.717, 1.165) is 0 Å². The summed E-state index contributed by atoms with van der Waals surface area (Å²) in [6.45, 7) is -1.08. The highest BCUT2D eigenvalue weighted by atomic mass is 19.3. The molecule has 112 valence electrons. The molecule has 0 aliphatic carbocycles. The zero-order valence-electron chi connectivity index (χ0n) is 10.6. The van der Waals surface area contributed by atoms with E-state index in [9.17, 15) is 17.6 Å². The second-order valence-electron chi connectivity index (χ2n) is 4.20. The van der Waals surface area contributed by atoms with Gasteiger partial charge in [0.1, 0.15) is 0 Å². The summed E-state index contributed by atoms with van der Waals surface area (Å²) in [6.07, 6.45) is -3.69. The van der Waals surface area contributed by atoms with Crippen LogP contribution in [0.1, 0.15) is 5.56 Å². The van der Waals surface area contributed by atoms with Crippen LogP contribution in [0.3, 0.4) is 0 Å². The quantitative estimate of drug-likeness (QED) is 0.818. The van der Waals surface area contributed by atoms with Gasteiger partial charge in [-0.25, -0.2) is 8.78 Å². The highest BCUT2D eigenvalue weighted by molar-refractivity contribution is 5.55. The van der Waals surface area contributed by atoms with Crippen molar-refractivity contribution in [3.8, 4) is 17.2 Å². The van der Waals surface area contributed by atoms with Crippen LogP contribution in [0.5, 0.6) is 17.2 Å². The molecule has 1 aliphatic heterocycles. The van der Waals surface area contributed by atoms with Gasteiger partial charge in [0, 0.05) is 6.54 Å². The summed E-state index contributed by atoms with van der Waals surface area (Å²) in [5.74, 6) is -2.78. The third-order valence-corrected chi connectivity index (χ3v) is 2.73. The molecular formula is C12H13F4NO3. The number of rotatable bonds is 6. The molecule has 0 fully saturated rings. The Labute approximate surface area is 112 Å². The summed E-state index contributed by atoms with van der Waals surface area (Å²) in [6, 6.07) is 3.15. The zero-order chi connectivity index (χ0) is 14.8. The summed E-state index contributed by atoms with van der Waals surface area (Å²) >= 11 is 0. The van der Waals surface area contributed by atoms with Crippen LogP contribution < -0.4 is 19.5 Å². The van der Waals surface area contributed by atoms with Gasteiger partial charge in [-0.2, -0.15) is 8.78 Å². The fourth-order valence-electron chi connectivity index (χ4n) is 1.74. The molecule has 0 radical (unpaired) electrons. The maximum Gasteiger partial charge on any atom is 0.319 e. The number of benzene rings is 1. The molecule has 8 heteroatoms. The fraction of sp³-hybridized carbons (Fsp3) is 0.500. The highest BCUT2D eigenvalue weighted by Gasteiger charge is 2.40. The van der Waals surface area contributed by atoms with Crippen molar-refractivity contribution < 1.29 is 31.8 Å². The second kappa shape index (κ2) is 5.74. The first kappa shape index (κ1) is 14.7. The topological polar surface area (TPSA) is 39.7 Å². The van der Waals surface area contributed by atoms with Crippen LogP contribution in [-0.4, -0.2) is 32.8 Å². The van der Waals surface area contributed by atoms with Gasteiger partial charge in [-0.05, 0) is 17.7 Å². The van der Waals surface area contributed by atoms with Crippen LogP contribution in [0, 0.1) is 0 Å². The molecule has 0 spiro atoms. The van der Waals surface area contributed by atoms with Gasteiger partial charge in [-0.15, -0.1) is 0 Å². The first-order chi connectivity index (χ1) is 9.44. The number of fused-ring (bicyclic) bond motifs is 1. The Bertz CT molecular complexity index is 482. The van der Waals surface area contributed by atoms with Gasteiger partial charge in [-0.1, -0.05) is 0 Å². The molecule has 0 atom stereocenters. The number of nitrogens with one attached hydrogen (secondary N) is 1. The van der Waals surface area contributed by atoms with Crippen molar-refractivity contribution in [2.75, 3.05) is 20.4 Å². The largest absolute Gasteiger partial charge is 0.493 e. The van der Waals surface area contributed by atoms with Crippen molar-refractivity contribution in [2.24, 2.45) is 0 Å². The van der Waals surface area contributed by atoms with Gasteiger partial charge in [-0.3, -0.25) is 0 Å². The maximum absolute atomic E-state index is 12.7. The molecule has 0 unspecified atom stereocenters. The third-order valence-electron chi connectivity index (χ3n) is 2.73. The van der Waals surface area contributed by atoms with Crippen LogP contribution in [0.4, 0.5) is 17.6 Å². The number of halogens is 4. The van der Waals surface area contributed by atoms with Gasteiger partial charge in [0.15, 0.2) is 11.5 Å². The highest BCUT2D eigenvalue weighted by Crippen LogP contribution is 2.41. The Hall–Kier alpha value is -1.70. The van der Waals surface area contributed by atoms with Crippen molar-refractivity contribution >= 4 is 0 Å². The lowest BCUT2D eigenvalue weighted by Gasteiger charge is -2.16. The SMILES string of the molecule is COc1cc(CNCC(F)(F)C(F)F)cc2c1OCO2. The zero-order valence-corrected chi connectivity index (χ0v) is 10.6. The van der Waals surface area contributed by atoms with E-state index in [1.807, 2.05) is 0 Å². The van der Waals surface area contributed by atoms with Crippen molar-refractivity contribution in [1.82, 2.24) is 5.32 Å². The second-order valence-corrected chi connectivity index (χ2v) is 4.20. The van der Waals surface area contributed by atoms with Gasteiger partial charge < -0.3 is 19.5 Å². The van der Waals surface area contributed by atoms with Crippen molar-refractivity contribution in [1.29, 1.82) is 0 Å². The maximum atomic E-state index is 12.7. The lowest BCUT2D eigenvalue weighted by atomic mass is 10.2. The van der Waals surface area contributed by atoms with E-state index in [0.29, 0.717) is 22.8 Å². The summed E-state index contributed by atoms with van der Waals surface area (Å²) < 4.78 is 64.9. The molecule has 1 aromatic carbocycles. The van der Waals surface area contributed by atoms with Crippen LogP contribution in [0.2, 0.25) is 0 Å². The first-order valence-corrected chi connectivity index (χ1v) is 5.77. The number of hydrogen-bond acceptors (Lipinski definition) is 4. The first-order valence-electron chi connectivity index (χ1n) is 5.77. The Morgan fingerprint density at radius 1 is 1.35 bits per heavy atom. The summed E-state index contributed by atoms with van der Waals surface area (Å²) in [5.41, 5.74) is 0.566. The number of methoxy groups -OCH3 is 1. The summed E-state index contributed by atoms with van der Waals surface area (Å²) in [4.78, 5) is 0. The van der Waals surface area contributed by atoms with Crippen molar-refractivity contribution in [3.05, 3.63) is 17.7 Å². The van der Waals surface area contributed by atoms with E-state index in [1.54, 1.807) is 12.1 Å². The molecule has 1 aromatic rings. The fourth-order valence-corrected chi connectivity index (χ4v) is 1.74. The lowest BCUT2D eigenvalue weighted by molar-refractivity contribution is -0.125. The van der Waals surface area contributed by atoms with E-state index in [4.69, 9.17) is 14.2 Å². The number of hydrogen-bond donors (Lipinski definition) is 1. The summed E-state index contributed by atoms with van der Waals surface area (Å²) in [5, 5.41) is 2.28. The van der Waals surface area contributed by atoms with Gasteiger partial charge in [0.05, 0.1) is 13.7 Å². The normalized spacial score (nSPS) is 13.9. The molecule has 2 rings (SSSR count). The summed E-state index contributed by atoms with van der Waals surface area (Å²) in [7, 11) is 1.43. The molecule has 0 aromatic heterocycles. The van der Waals surface area contributed by atoms with E-state index < -0.39 is 18.9 Å². The molecule has 20 heavy (non-hydrogen) atoms. The number of ether oxygens (including phenoxy) is 3. The minimum absolute atomic E-state index is 0.0185. The molecule has 1 N–H and O–H groups in total. The monoisotopic (exact) mass is 295 g/mol. The van der Waals surface area contributed by atoms with E-state index >= 15 is 0 Å². The Kier molecular flexibility index (Phi) is 4.22. The van der Waals surface area contributed by atoms with E-state index in [-0.39, 0.29) is 13.3 Å². The molecule has 0 bridgehead atoms. The van der Waals surface area contributed by atoms with Crippen LogP contribution in [-0.2, 0) is 6.54 Å². The minimum atomic E-state index is -4.06. The van der Waals surface area contributed by atoms with Gasteiger partial charge in [0.25, 0.3) is 0 Å². The molecule has 0 saturated carbocycles. The van der Waals surface area contributed by atoms with Crippen molar-refractivity contribution in [3.63, 3.8) is 0 Å². The Morgan fingerprint density at radius 2 is 2.10 bits per heavy atom. The predicted molar refractivity (Wildman–Crippen MR) is 61.8 cm³/mol. The molecule has 0 saturated heterocycles. The third kappa shape index (κ3) is 3.06. The van der Waals surface area contributed by atoms with Crippen LogP contribution >= 0.6 is 0 Å². The van der Waals surface area contributed by atoms with Crippen molar-refractivity contribution in [2.45, 2.75) is 18.9 Å². The molecular weight excluding hydrogens is 282 g/mol. The van der Waals surface area contributed by atoms with E-state index in [2.05, 4.69) is 5.32 Å².